The summed E-state index contributed by atoms with van der Waals surface area (Å²) in [4.78, 5) is 5.71. The fourth-order valence-electron chi connectivity index (χ4n) is 1.99. The van der Waals surface area contributed by atoms with E-state index in [-0.39, 0.29) is 0 Å². The first-order valence-electron chi connectivity index (χ1n) is 7.60. The number of benzene rings is 1. The molecule has 0 saturated carbocycles. The van der Waals surface area contributed by atoms with Crippen molar-refractivity contribution in [1.29, 1.82) is 0 Å². The van der Waals surface area contributed by atoms with Crippen molar-refractivity contribution in [1.82, 2.24) is 10.3 Å². The minimum atomic E-state index is 0.545. The molecule has 0 saturated heterocycles. The first kappa shape index (κ1) is 16.0. The number of nitrogens with one attached hydrogen (secondary N) is 1. The highest BCUT2D eigenvalue weighted by atomic mass is 32.1. The van der Waals surface area contributed by atoms with Crippen LogP contribution in [-0.2, 0) is 19.6 Å². The van der Waals surface area contributed by atoms with Crippen LogP contribution >= 0.6 is 11.3 Å². The molecule has 0 aliphatic carbocycles. The SMILES string of the molecule is CCc1ccccc1OCc1ncc(CNC(C)CC)s1. The Labute approximate surface area is 131 Å². The van der Waals surface area contributed by atoms with Gasteiger partial charge in [0.15, 0.2) is 0 Å². The van der Waals surface area contributed by atoms with Gasteiger partial charge in [-0.05, 0) is 31.4 Å². The van der Waals surface area contributed by atoms with Gasteiger partial charge in [-0.1, -0.05) is 32.0 Å². The fraction of sp³-hybridized carbons (Fsp3) is 0.471. The highest BCUT2D eigenvalue weighted by Gasteiger charge is 2.06. The number of para-hydroxylation sites is 1. The molecule has 1 atom stereocenters. The zero-order valence-corrected chi connectivity index (χ0v) is 13.9. The van der Waals surface area contributed by atoms with Gasteiger partial charge in [0.05, 0.1) is 0 Å². The third kappa shape index (κ3) is 4.83. The van der Waals surface area contributed by atoms with Crippen molar-refractivity contribution in [3.05, 3.63) is 45.9 Å². The van der Waals surface area contributed by atoms with Crippen molar-refractivity contribution in [3.63, 3.8) is 0 Å². The van der Waals surface area contributed by atoms with Gasteiger partial charge >= 0.3 is 0 Å². The van der Waals surface area contributed by atoms with Crippen molar-refractivity contribution in [3.8, 4) is 5.75 Å². The second-order valence-electron chi connectivity index (χ2n) is 5.16. The van der Waals surface area contributed by atoms with Gasteiger partial charge < -0.3 is 10.1 Å². The van der Waals surface area contributed by atoms with Crippen LogP contribution < -0.4 is 10.1 Å². The van der Waals surface area contributed by atoms with E-state index in [1.54, 1.807) is 11.3 Å². The van der Waals surface area contributed by atoms with Gasteiger partial charge in [-0.3, -0.25) is 0 Å². The lowest BCUT2D eigenvalue weighted by Gasteiger charge is -2.09. The number of rotatable bonds is 8. The van der Waals surface area contributed by atoms with Crippen LogP contribution in [0.3, 0.4) is 0 Å². The predicted molar refractivity (Wildman–Crippen MR) is 88.9 cm³/mol. The van der Waals surface area contributed by atoms with Crippen LogP contribution in [0, 0.1) is 0 Å². The number of nitrogens with zero attached hydrogens (tertiary/aromatic N) is 1. The van der Waals surface area contributed by atoms with Gasteiger partial charge in [-0.2, -0.15) is 0 Å². The molecule has 0 fully saturated rings. The van der Waals surface area contributed by atoms with Crippen molar-refractivity contribution in [2.24, 2.45) is 0 Å². The number of hydrogen-bond acceptors (Lipinski definition) is 4. The van der Waals surface area contributed by atoms with Gasteiger partial charge in [0.1, 0.15) is 17.4 Å². The lowest BCUT2D eigenvalue weighted by atomic mass is 10.1. The molecule has 0 radical (unpaired) electrons. The van der Waals surface area contributed by atoms with Crippen LogP contribution in [-0.4, -0.2) is 11.0 Å². The average Bonchev–Trinajstić information content (AvgIpc) is 2.98. The minimum absolute atomic E-state index is 0.545. The van der Waals surface area contributed by atoms with E-state index in [4.69, 9.17) is 4.74 Å². The topological polar surface area (TPSA) is 34.1 Å². The molecule has 21 heavy (non-hydrogen) atoms. The monoisotopic (exact) mass is 304 g/mol. The normalized spacial score (nSPS) is 12.3. The molecule has 1 unspecified atom stereocenters. The Kier molecular flexibility index (Phi) is 6.21. The molecule has 0 aliphatic rings. The highest BCUT2D eigenvalue weighted by molar-refractivity contribution is 7.11. The second-order valence-corrected chi connectivity index (χ2v) is 6.36. The van der Waals surface area contributed by atoms with Crippen LogP contribution in [0.15, 0.2) is 30.5 Å². The molecule has 0 spiro atoms. The van der Waals surface area contributed by atoms with E-state index >= 15 is 0 Å². The largest absolute Gasteiger partial charge is 0.486 e. The maximum absolute atomic E-state index is 5.90. The second kappa shape index (κ2) is 8.15. The Morgan fingerprint density at radius 1 is 1.29 bits per heavy atom. The quantitative estimate of drug-likeness (QED) is 0.794. The zero-order chi connectivity index (χ0) is 15.1. The standard InChI is InChI=1S/C17H24N2OS/c1-4-13(3)18-10-15-11-19-17(21-15)12-20-16-9-7-6-8-14(16)5-2/h6-9,11,13,18H,4-5,10,12H2,1-3H3. The number of thiazole rings is 1. The summed E-state index contributed by atoms with van der Waals surface area (Å²) in [7, 11) is 0. The van der Waals surface area contributed by atoms with Crippen molar-refractivity contribution in [2.75, 3.05) is 0 Å². The van der Waals surface area contributed by atoms with E-state index in [1.165, 1.54) is 10.4 Å². The Morgan fingerprint density at radius 2 is 2.10 bits per heavy atom. The first-order valence-corrected chi connectivity index (χ1v) is 8.42. The molecule has 0 bridgehead atoms. The molecule has 1 N–H and O–H groups in total. The fourth-order valence-corrected chi connectivity index (χ4v) is 2.78. The molecule has 3 nitrogen and oxygen atoms in total. The summed E-state index contributed by atoms with van der Waals surface area (Å²) in [6, 6.07) is 8.74. The predicted octanol–water partition coefficient (Wildman–Crippen LogP) is 4.17. The van der Waals surface area contributed by atoms with Crippen LogP contribution in [0.1, 0.15) is 42.6 Å². The lowest BCUT2D eigenvalue weighted by molar-refractivity contribution is 0.302. The van der Waals surface area contributed by atoms with Crippen molar-refractivity contribution < 1.29 is 4.74 Å². The smallest absolute Gasteiger partial charge is 0.140 e. The van der Waals surface area contributed by atoms with Gasteiger partial charge in [0, 0.05) is 23.7 Å². The third-order valence-electron chi connectivity index (χ3n) is 3.54. The molecule has 0 amide bonds. The van der Waals surface area contributed by atoms with Crippen LogP contribution in [0.5, 0.6) is 5.75 Å². The highest BCUT2D eigenvalue weighted by Crippen LogP contribution is 2.21. The molecular formula is C17H24N2OS. The molecule has 4 heteroatoms. The van der Waals surface area contributed by atoms with Gasteiger partial charge in [0.2, 0.25) is 0 Å². The third-order valence-corrected chi connectivity index (χ3v) is 4.51. The van der Waals surface area contributed by atoms with E-state index < -0.39 is 0 Å². The Hall–Kier alpha value is -1.39. The molecular weight excluding hydrogens is 280 g/mol. The maximum Gasteiger partial charge on any atom is 0.140 e. The Morgan fingerprint density at radius 3 is 2.86 bits per heavy atom. The number of ether oxygens (including phenoxy) is 1. The summed E-state index contributed by atoms with van der Waals surface area (Å²) in [6.45, 7) is 7.97. The molecule has 2 rings (SSSR count). The molecule has 0 aliphatic heterocycles. The van der Waals surface area contributed by atoms with Crippen LogP contribution in [0.4, 0.5) is 0 Å². The van der Waals surface area contributed by atoms with Gasteiger partial charge in [-0.25, -0.2) is 4.98 Å². The summed E-state index contributed by atoms with van der Waals surface area (Å²) in [5, 5.41) is 4.51. The molecule has 1 aromatic heterocycles. The Balaban J connectivity index is 1.88. The van der Waals surface area contributed by atoms with E-state index in [9.17, 15) is 0 Å². The number of hydrogen-bond donors (Lipinski definition) is 1. The van der Waals surface area contributed by atoms with E-state index in [2.05, 4.69) is 37.1 Å². The summed E-state index contributed by atoms with van der Waals surface area (Å²) in [6.07, 6.45) is 4.07. The summed E-state index contributed by atoms with van der Waals surface area (Å²) in [5.74, 6) is 0.967. The van der Waals surface area contributed by atoms with E-state index in [0.29, 0.717) is 12.6 Å². The van der Waals surface area contributed by atoms with Gasteiger partial charge in [-0.15, -0.1) is 11.3 Å². The number of aryl methyl sites for hydroxylation is 1. The Bertz CT molecular complexity index is 553. The van der Waals surface area contributed by atoms with Crippen molar-refractivity contribution in [2.45, 2.75) is 52.8 Å². The molecule has 1 heterocycles. The van der Waals surface area contributed by atoms with Crippen LogP contribution in [0.25, 0.3) is 0 Å². The summed E-state index contributed by atoms with van der Waals surface area (Å²) in [5.41, 5.74) is 1.24. The molecule has 114 valence electrons. The van der Waals surface area contributed by atoms with E-state index in [0.717, 1.165) is 30.1 Å². The molecule has 1 aromatic carbocycles. The zero-order valence-electron chi connectivity index (χ0n) is 13.1. The first-order chi connectivity index (χ1) is 10.2. The summed E-state index contributed by atoms with van der Waals surface area (Å²) < 4.78 is 5.90. The van der Waals surface area contributed by atoms with Crippen LogP contribution in [0.2, 0.25) is 0 Å². The average molecular weight is 304 g/mol. The van der Waals surface area contributed by atoms with Gasteiger partial charge in [0.25, 0.3) is 0 Å². The molecule has 2 aromatic rings. The maximum atomic E-state index is 5.90. The number of aromatic nitrogens is 1. The minimum Gasteiger partial charge on any atom is -0.486 e. The van der Waals surface area contributed by atoms with Crippen molar-refractivity contribution >= 4 is 11.3 Å². The lowest BCUT2D eigenvalue weighted by Crippen LogP contribution is -2.23. The van der Waals surface area contributed by atoms with E-state index in [1.807, 2.05) is 24.4 Å². The summed E-state index contributed by atoms with van der Waals surface area (Å²) >= 11 is 1.72.